The van der Waals surface area contributed by atoms with Crippen molar-refractivity contribution < 1.29 is 4.74 Å². The Morgan fingerprint density at radius 3 is 3.00 bits per heavy atom. The quantitative estimate of drug-likeness (QED) is 0.664. The van der Waals surface area contributed by atoms with E-state index in [9.17, 15) is 0 Å². The van der Waals surface area contributed by atoms with Gasteiger partial charge >= 0.3 is 0 Å². The van der Waals surface area contributed by atoms with Crippen LogP contribution in [0, 0.1) is 6.92 Å². The molecule has 0 aliphatic rings. The molecule has 0 bridgehead atoms. The number of rotatable bonds is 3. The topological polar surface area (TPSA) is 47.0 Å². The summed E-state index contributed by atoms with van der Waals surface area (Å²) in [5.41, 5.74) is 0. The fourth-order valence-electron chi connectivity index (χ4n) is 0.503. The summed E-state index contributed by atoms with van der Waals surface area (Å²) in [4.78, 5) is 4.06. The molecule has 1 aromatic rings. The van der Waals surface area contributed by atoms with Crippen molar-refractivity contribution in [3.63, 3.8) is 0 Å². The van der Waals surface area contributed by atoms with Crippen LogP contribution in [0.4, 0.5) is 5.13 Å². The largest absolute Gasteiger partial charge is 0.365 e. The van der Waals surface area contributed by atoms with Gasteiger partial charge in [0, 0.05) is 18.6 Å². The molecule has 0 aromatic carbocycles. The Labute approximate surface area is 63.4 Å². The fraction of sp³-hybridized carbons (Fsp3) is 0.600. The maximum atomic E-state index is 4.78. The highest BCUT2D eigenvalue weighted by Crippen LogP contribution is 2.08. The average Bonchev–Trinajstić information content (AvgIpc) is 2.31. The predicted molar refractivity (Wildman–Crippen MR) is 40.1 cm³/mol. The van der Waals surface area contributed by atoms with E-state index >= 15 is 0 Å². The van der Waals surface area contributed by atoms with Crippen molar-refractivity contribution in [2.75, 3.05) is 19.2 Å². The normalized spacial score (nSPS) is 9.80. The highest BCUT2D eigenvalue weighted by molar-refractivity contribution is 7.09. The lowest BCUT2D eigenvalue weighted by Crippen LogP contribution is -2.02. The first-order valence-corrected chi connectivity index (χ1v) is 3.63. The maximum absolute atomic E-state index is 4.78. The van der Waals surface area contributed by atoms with Gasteiger partial charge in [0.25, 0.3) is 0 Å². The lowest BCUT2D eigenvalue weighted by Gasteiger charge is -1.96. The predicted octanol–water partition coefficient (Wildman–Crippen LogP) is 0.862. The summed E-state index contributed by atoms with van der Waals surface area (Å²) >= 11 is 1.34. The zero-order valence-electron chi connectivity index (χ0n) is 5.92. The Bertz CT molecular complexity index is 201. The first-order valence-electron chi connectivity index (χ1n) is 2.86. The molecule has 1 heterocycles. The molecular weight excluding hydrogens is 150 g/mol. The summed E-state index contributed by atoms with van der Waals surface area (Å²) in [6.07, 6.45) is 0. The van der Waals surface area contributed by atoms with Crippen molar-refractivity contribution in [3.8, 4) is 0 Å². The standard InChI is InChI=1S/C5H9N3OS/c1-4-7-5(10-8-4)6-3-9-2/h3H2,1-2H3,(H,6,7,8). The van der Waals surface area contributed by atoms with Crippen LogP contribution < -0.4 is 5.32 Å². The van der Waals surface area contributed by atoms with Gasteiger partial charge in [0.1, 0.15) is 12.6 Å². The van der Waals surface area contributed by atoms with E-state index in [0.29, 0.717) is 6.73 Å². The van der Waals surface area contributed by atoms with E-state index in [1.807, 2.05) is 6.92 Å². The van der Waals surface area contributed by atoms with Gasteiger partial charge in [-0.25, -0.2) is 4.98 Å². The van der Waals surface area contributed by atoms with Gasteiger partial charge < -0.3 is 10.1 Å². The molecule has 0 aliphatic carbocycles. The zero-order chi connectivity index (χ0) is 7.40. The van der Waals surface area contributed by atoms with Crippen LogP contribution >= 0.6 is 11.5 Å². The third-order valence-electron chi connectivity index (χ3n) is 0.895. The minimum absolute atomic E-state index is 0.481. The second kappa shape index (κ2) is 3.48. The molecule has 0 fully saturated rings. The molecule has 0 spiro atoms. The third-order valence-corrected chi connectivity index (χ3v) is 1.66. The Hall–Kier alpha value is -0.680. The first-order chi connectivity index (χ1) is 4.83. The maximum Gasteiger partial charge on any atom is 0.204 e. The van der Waals surface area contributed by atoms with Crippen LogP contribution in [0.25, 0.3) is 0 Å². The van der Waals surface area contributed by atoms with E-state index in [0.717, 1.165) is 11.0 Å². The van der Waals surface area contributed by atoms with E-state index in [1.165, 1.54) is 11.5 Å². The van der Waals surface area contributed by atoms with Crippen molar-refractivity contribution in [1.29, 1.82) is 0 Å². The smallest absolute Gasteiger partial charge is 0.204 e. The molecule has 5 heteroatoms. The highest BCUT2D eigenvalue weighted by atomic mass is 32.1. The Kier molecular flexibility index (Phi) is 2.58. The molecule has 1 N–H and O–H groups in total. The molecule has 0 unspecified atom stereocenters. The van der Waals surface area contributed by atoms with Crippen LogP contribution in [0.5, 0.6) is 0 Å². The Morgan fingerprint density at radius 2 is 2.50 bits per heavy atom. The van der Waals surface area contributed by atoms with Crippen molar-refractivity contribution in [2.24, 2.45) is 0 Å². The van der Waals surface area contributed by atoms with Crippen LogP contribution in [0.2, 0.25) is 0 Å². The molecule has 0 atom stereocenters. The SMILES string of the molecule is COCNc1nc(C)ns1. The van der Waals surface area contributed by atoms with Gasteiger partial charge in [-0.1, -0.05) is 0 Å². The second-order valence-corrected chi connectivity index (χ2v) is 2.51. The lowest BCUT2D eigenvalue weighted by molar-refractivity contribution is 0.221. The summed E-state index contributed by atoms with van der Waals surface area (Å²) in [7, 11) is 1.63. The van der Waals surface area contributed by atoms with Crippen molar-refractivity contribution in [3.05, 3.63) is 5.82 Å². The van der Waals surface area contributed by atoms with Gasteiger partial charge in [-0.15, -0.1) is 0 Å². The highest BCUT2D eigenvalue weighted by Gasteiger charge is 1.95. The van der Waals surface area contributed by atoms with E-state index < -0.39 is 0 Å². The van der Waals surface area contributed by atoms with Gasteiger partial charge in [-0.2, -0.15) is 4.37 Å². The fourth-order valence-corrected chi connectivity index (χ4v) is 1.06. The number of ether oxygens (including phenoxy) is 1. The van der Waals surface area contributed by atoms with Crippen LogP contribution in [0.3, 0.4) is 0 Å². The van der Waals surface area contributed by atoms with Crippen LogP contribution in [-0.4, -0.2) is 23.2 Å². The first kappa shape index (κ1) is 7.43. The van der Waals surface area contributed by atoms with E-state index in [1.54, 1.807) is 7.11 Å². The molecule has 1 rings (SSSR count). The van der Waals surface area contributed by atoms with Crippen molar-refractivity contribution in [2.45, 2.75) is 6.92 Å². The summed E-state index contributed by atoms with van der Waals surface area (Å²) in [6, 6.07) is 0. The van der Waals surface area contributed by atoms with Gasteiger partial charge in [-0.3, -0.25) is 0 Å². The van der Waals surface area contributed by atoms with Crippen molar-refractivity contribution in [1.82, 2.24) is 9.36 Å². The molecular formula is C5H9N3OS. The number of hydrogen-bond acceptors (Lipinski definition) is 5. The lowest BCUT2D eigenvalue weighted by atomic mass is 10.7. The molecule has 0 radical (unpaired) electrons. The molecule has 56 valence electrons. The second-order valence-electron chi connectivity index (χ2n) is 1.76. The average molecular weight is 159 g/mol. The molecule has 4 nitrogen and oxygen atoms in total. The zero-order valence-corrected chi connectivity index (χ0v) is 6.73. The van der Waals surface area contributed by atoms with Crippen LogP contribution in [0.15, 0.2) is 0 Å². The molecule has 0 saturated carbocycles. The molecule has 1 aromatic heterocycles. The summed E-state index contributed by atoms with van der Waals surface area (Å²) in [6.45, 7) is 2.34. The van der Waals surface area contributed by atoms with Gasteiger partial charge in [0.2, 0.25) is 5.13 Å². The third kappa shape index (κ3) is 1.93. The van der Waals surface area contributed by atoms with E-state index in [4.69, 9.17) is 4.74 Å². The Balaban J connectivity index is 2.42. The van der Waals surface area contributed by atoms with Crippen LogP contribution in [-0.2, 0) is 4.74 Å². The Morgan fingerprint density at radius 1 is 1.70 bits per heavy atom. The van der Waals surface area contributed by atoms with Crippen molar-refractivity contribution >= 4 is 16.7 Å². The number of aromatic nitrogens is 2. The summed E-state index contributed by atoms with van der Waals surface area (Å²) in [5.74, 6) is 0.795. The van der Waals surface area contributed by atoms with Crippen LogP contribution in [0.1, 0.15) is 5.82 Å². The minimum Gasteiger partial charge on any atom is -0.365 e. The number of methoxy groups -OCH3 is 1. The molecule has 0 aliphatic heterocycles. The summed E-state index contributed by atoms with van der Waals surface area (Å²) < 4.78 is 8.76. The van der Waals surface area contributed by atoms with Gasteiger partial charge in [-0.05, 0) is 6.92 Å². The minimum atomic E-state index is 0.481. The molecule has 10 heavy (non-hydrogen) atoms. The summed E-state index contributed by atoms with van der Waals surface area (Å²) in [5, 5.41) is 3.74. The number of nitrogens with zero attached hydrogens (tertiary/aromatic N) is 2. The number of nitrogens with one attached hydrogen (secondary N) is 1. The van der Waals surface area contributed by atoms with E-state index in [2.05, 4.69) is 14.7 Å². The molecule has 0 amide bonds. The van der Waals surface area contributed by atoms with Gasteiger partial charge in [0.15, 0.2) is 0 Å². The number of aryl methyl sites for hydroxylation is 1. The molecule has 0 saturated heterocycles. The number of hydrogen-bond donors (Lipinski definition) is 1. The number of anilines is 1. The monoisotopic (exact) mass is 159 g/mol. The van der Waals surface area contributed by atoms with Gasteiger partial charge in [0.05, 0.1) is 0 Å². The van der Waals surface area contributed by atoms with E-state index in [-0.39, 0.29) is 0 Å².